The number of hydrogen-bond acceptors (Lipinski definition) is 4. The van der Waals surface area contributed by atoms with Crippen molar-refractivity contribution in [3.05, 3.63) is 76.5 Å². The van der Waals surface area contributed by atoms with E-state index in [9.17, 15) is 5.11 Å². The molecule has 0 unspecified atom stereocenters. The molecular formula is C17H13BrN4O. The number of rotatable bonds is 2. The number of aromatic nitrogens is 3. The standard InChI is InChI=1S/C17H13BrN4O/c18-12-7-5-11(6-8-12)15-9-14(13-3-1-2-4-16(13)23)21-17-19-10-20-22(15)17/h1-10,15,23H,(H,19,20,21)/t15-/m0/s1. The van der Waals surface area contributed by atoms with Gasteiger partial charge in [-0.25, -0.2) is 4.68 Å². The van der Waals surface area contributed by atoms with E-state index in [1.807, 2.05) is 47.2 Å². The molecular weight excluding hydrogens is 356 g/mol. The van der Waals surface area contributed by atoms with Gasteiger partial charge >= 0.3 is 0 Å². The van der Waals surface area contributed by atoms with Crippen molar-refractivity contribution in [1.82, 2.24) is 14.8 Å². The predicted molar refractivity (Wildman–Crippen MR) is 92.0 cm³/mol. The highest BCUT2D eigenvalue weighted by atomic mass is 79.9. The molecule has 0 bridgehead atoms. The quantitative estimate of drug-likeness (QED) is 0.721. The zero-order valence-corrected chi connectivity index (χ0v) is 13.6. The first-order chi connectivity index (χ1) is 11.2. The number of halogens is 1. The first kappa shape index (κ1) is 14.0. The number of phenolic OH excluding ortho intramolecular Hbond substituents is 1. The number of hydrogen-bond donors (Lipinski definition) is 2. The fourth-order valence-corrected chi connectivity index (χ4v) is 2.95. The van der Waals surface area contributed by atoms with Crippen molar-refractivity contribution in [1.29, 1.82) is 0 Å². The van der Waals surface area contributed by atoms with E-state index in [0.717, 1.165) is 21.3 Å². The van der Waals surface area contributed by atoms with Gasteiger partial charge in [0, 0.05) is 10.0 Å². The largest absolute Gasteiger partial charge is 0.507 e. The summed E-state index contributed by atoms with van der Waals surface area (Å²) in [6.07, 6.45) is 3.57. The van der Waals surface area contributed by atoms with E-state index in [1.165, 1.54) is 6.33 Å². The summed E-state index contributed by atoms with van der Waals surface area (Å²) < 4.78 is 2.85. The summed E-state index contributed by atoms with van der Waals surface area (Å²) in [5, 5.41) is 17.7. The number of allylic oxidation sites excluding steroid dienone is 1. The summed E-state index contributed by atoms with van der Waals surface area (Å²) in [5.41, 5.74) is 2.65. The van der Waals surface area contributed by atoms with E-state index in [2.05, 4.69) is 31.3 Å². The van der Waals surface area contributed by atoms with Crippen molar-refractivity contribution >= 4 is 27.6 Å². The second kappa shape index (κ2) is 5.55. The molecule has 1 atom stereocenters. The molecule has 0 spiro atoms. The molecule has 0 radical (unpaired) electrons. The molecule has 0 aliphatic carbocycles. The lowest BCUT2D eigenvalue weighted by atomic mass is 10.0. The van der Waals surface area contributed by atoms with Crippen molar-refractivity contribution in [2.75, 3.05) is 5.32 Å². The average molecular weight is 369 g/mol. The molecule has 1 aromatic heterocycles. The van der Waals surface area contributed by atoms with Gasteiger partial charge in [-0.05, 0) is 35.9 Å². The molecule has 2 aromatic carbocycles. The molecule has 23 heavy (non-hydrogen) atoms. The molecule has 5 nitrogen and oxygen atoms in total. The molecule has 4 rings (SSSR count). The van der Waals surface area contributed by atoms with Crippen LogP contribution in [-0.2, 0) is 0 Å². The highest BCUT2D eigenvalue weighted by molar-refractivity contribution is 9.10. The number of nitrogens with one attached hydrogen (secondary N) is 1. The van der Waals surface area contributed by atoms with Crippen LogP contribution < -0.4 is 5.32 Å². The van der Waals surface area contributed by atoms with Gasteiger partial charge in [-0.15, -0.1) is 0 Å². The van der Waals surface area contributed by atoms with E-state index >= 15 is 0 Å². The molecule has 0 saturated carbocycles. The minimum absolute atomic E-state index is 0.0866. The van der Waals surface area contributed by atoms with Gasteiger partial charge in [-0.2, -0.15) is 10.1 Å². The van der Waals surface area contributed by atoms with E-state index in [0.29, 0.717) is 5.95 Å². The van der Waals surface area contributed by atoms with Crippen LogP contribution in [0.2, 0.25) is 0 Å². The average Bonchev–Trinajstić information content (AvgIpc) is 3.04. The van der Waals surface area contributed by atoms with Crippen LogP contribution in [0.5, 0.6) is 5.75 Å². The monoisotopic (exact) mass is 368 g/mol. The maximum absolute atomic E-state index is 10.1. The first-order valence-electron chi connectivity index (χ1n) is 7.14. The van der Waals surface area contributed by atoms with Gasteiger partial charge in [0.2, 0.25) is 5.95 Å². The Labute approximate surface area is 141 Å². The number of nitrogens with zero attached hydrogens (tertiary/aromatic N) is 3. The summed E-state index contributed by atoms with van der Waals surface area (Å²) in [5.74, 6) is 0.882. The smallest absolute Gasteiger partial charge is 0.226 e. The van der Waals surface area contributed by atoms with Gasteiger partial charge in [0.1, 0.15) is 18.1 Å². The maximum Gasteiger partial charge on any atom is 0.226 e. The predicted octanol–water partition coefficient (Wildman–Crippen LogP) is 3.80. The third kappa shape index (κ3) is 2.51. The summed E-state index contributed by atoms with van der Waals surface area (Å²) in [4.78, 5) is 4.26. The van der Waals surface area contributed by atoms with Gasteiger partial charge in [-0.3, -0.25) is 0 Å². The number of para-hydroxylation sites is 1. The zero-order valence-electron chi connectivity index (χ0n) is 12.0. The zero-order chi connectivity index (χ0) is 15.8. The van der Waals surface area contributed by atoms with E-state index in [1.54, 1.807) is 12.1 Å². The summed E-state index contributed by atoms with van der Waals surface area (Å²) in [6.45, 7) is 0. The molecule has 0 fully saturated rings. The van der Waals surface area contributed by atoms with Gasteiger partial charge in [0.15, 0.2) is 0 Å². The van der Waals surface area contributed by atoms with Crippen LogP contribution in [0, 0.1) is 0 Å². The van der Waals surface area contributed by atoms with Crippen LogP contribution in [0.1, 0.15) is 17.2 Å². The second-order valence-electron chi connectivity index (χ2n) is 5.25. The Morgan fingerprint density at radius 3 is 2.65 bits per heavy atom. The van der Waals surface area contributed by atoms with Gasteiger partial charge in [0.05, 0.1) is 5.70 Å². The van der Waals surface area contributed by atoms with Crippen molar-refractivity contribution in [3.63, 3.8) is 0 Å². The molecule has 0 amide bonds. The molecule has 6 heteroatoms. The Morgan fingerprint density at radius 1 is 1.09 bits per heavy atom. The normalized spacial score (nSPS) is 16.4. The lowest BCUT2D eigenvalue weighted by Gasteiger charge is -2.24. The fraction of sp³-hybridized carbons (Fsp3) is 0.0588. The van der Waals surface area contributed by atoms with Crippen LogP contribution in [0.15, 0.2) is 65.4 Å². The van der Waals surface area contributed by atoms with Crippen molar-refractivity contribution < 1.29 is 5.11 Å². The minimum Gasteiger partial charge on any atom is -0.507 e. The van der Waals surface area contributed by atoms with Crippen LogP contribution in [0.4, 0.5) is 5.95 Å². The molecule has 2 N–H and O–H groups in total. The highest BCUT2D eigenvalue weighted by Gasteiger charge is 2.24. The number of anilines is 1. The van der Waals surface area contributed by atoms with Gasteiger partial charge in [-0.1, -0.05) is 40.2 Å². The molecule has 3 aromatic rings. The summed E-state index contributed by atoms with van der Waals surface area (Å²) >= 11 is 3.46. The Bertz CT molecular complexity index is 886. The Morgan fingerprint density at radius 2 is 1.87 bits per heavy atom. The Balaban J connectivity index is 1.83. The number of benzene rings is 2. The summed E-state index contributed by atoms with van der Waals surface area (Å²) in [6, 6.07) is 15.3. The van der Waals surface area contributed by atoms with E-state index in [4.69, 9.17) is 0 Å². The lowest BCUT2D eigenvalue weighted by Crippen LogP contribution is -2.20. The SMILES string of the molecule is Oc1ccccc1C1=C[C@@H](c2ccc(Br)cc2)n2ncnc2N1. The minimum atomic E-state index is -0.0866. The first-order valence-corrected chi connectivity index (χ1v) is 7.94. The van der Waals surface area contributed by atoms with Crippen molar-refractivity contribution in [2.45, 2.75) is 6.04 Å². The number of fused-ring (bicyclic) bond motifs is 1. The lowest BCUT2D eigenvalue weighted by molar-refractivity contribution is 0.473. The number of aromatic hydroxyl groups is 1. The third-order valence-corrected chi connectivity index (χ3v) is 4.34. The summed E-state index contributed by atoms with van der Waals surface area (Å²) in [7, 11) is 0. The van der Waals surface area contributed by atoms with Gasteiger partial charge < -0.3 is 10.4 Å². The van der Waals surface area contributed by atoms with Crippen molar-refractivity contribution in [2.24, 2.45) is 0 Å². The molecule has 1 aliphatic heterocycles. The Hall–Kier alpha value is -2.60. The van der Waals surface area contributed by atoms with Crippen LogP contribution in [-0.4, -0.2) is 19.9 Å². The van der Waals surface area contributed by atoms with E-state index in [-0.39, 0.29) is 11.8 Å². The topological polar surface area (TPSA) is 63.0 Å². The second-order valence-corrected chi connectivity index (χ2v) is 6.16. The van der Waals surface area contributed by atoms with Crippen molar-refractivity contribution in [3.8, 4) is 5.75 Å². The van der Waals surface area contributed by atoms with E-state index < -0.39 is 0 Å². The van der Waals surface area contributed by atoms with Crippen LogP contribution in [0.3, 0.4) is 0 Å². The molecule has 1 aliphatic rings. The molecule has 2 heterocycles. The third-order valence-electron chi connectivity index (χ3n) is 3.81. The van der Waals surface area contributed by atoms with Crippen LogP contribution >= 0.6 is 15.9 Å². The number of phenols is 1. The maximum atomic E-state index is 10.1. The van der Waals surface area contributed by atoms with Crippen LogP contribution in [0.25, 0.3) is 5.70 Å². The molecule has 0 saturated heterocycles. The van der Waals surface area contributed by atoms with Gasteiger partial charge in [0.25, 0.3) is 0 Å². The fourth-order valence-electron chi connectivity index (χ4n) is 2.69. The molecule has 114 valence electrons. The Kier molecular flexibility index (Phi) is 3.38. The highest BCUT2D eigenvalue weighted by Crippen LogP contribution is 2.34.